The SMILES string of the molecule is CCNC(CCN(C)C1CCC1)C(=O)OCC. The Labute approximate surface area is 105 Å². The van der Waals surface area contributed by atoms with Gasteiger partial charge < -0.3 is 15.0 Å². The lowest BCUT2D eigenvalue weighted by atomic mass is 9.91. The molecule has 1 saturated carbocycles. The van der Waals surface area contributed by atoms with Gasteiger partial charge in [0.2, 0.25) is 0 Å². The van der Waals surface area contributed by atoms with Crippen molar-refractivity contribution in [3.05, 3.63) is 0 Å². The summed E-state index contributed by atoms with van der Waals surface area (Å²) in [5, 5.41) is 3.20. The van der Waals surface area contributed by atoms with E-state index in [1.165, 1.54) is 19.3 Å². The second-order valence-corrected chi connectivity index (χ2v) is 4.72. The minimum atomic E-state index is -0.150. The quantitative estimate of drug-likeness (QED) is 0.653. The molecule has 0 bridgehead atoms. The molecule has 4 nitrogen and oxygen atoms in total. The van der Waals surface area contributed by atoms with E-state index in [4.69, 9.17) is 4.74 Å². The third-order valence-corrected chi connectivity index (χ3v) is 3.49. The summed E-state index contributed by atoms with van der Waals surface area (Å²) in [5.74, 6) is -0.114. The second-order valence-electron chi connectivity index (χ2n) is 4.72. The summed E-state index contributed by atoms with van der Waals surface area (Å²) in [5.41, 5.74) is 0. The number of carbonyl (C=O) groups excluding carboxylic acids is 1. The van der Waals surface area contributed by atoms with Gasteiger partial charge in [0.05, 0.1) is 6.61 Å². The predicted octanol–water partition coefficient (Wildman–Crippen LogP) is 1.40. The maximum Gasteiger partial charge on any atom is 0.323 e. The first-order valence-electron chi connectivity index (χ1n) is 6.79. The van der Waals surface area contributed by atoms with Gasteiger partial charge in [-0.15, -0.1) is 0 Å². The molecule has 1 atom stereocenters. The molecule has 0 aromatic heterocycles. The van der Waals surface area contributed by atoms with E-state index in [1.807, 2.05) is 13.8 Å². The lowest BCUT2D eigenvalue weighted by Gasteiger charge is -2.35. The van der Waals surface area contributed by atoms with Crippen LogP contribution in [0, 0.1) is 0 Å². The van der Waals surface area contributed by atoms with Crippen LogP contribution in [0.2, 0.25) is 0 Å². The van der Waals surface area contributed by atoms with Crippen molar-refractivity contribution in [1.82, 2.24) is 10.2 Å². The molecule has 1 rings (SSSR count). The molecule has 1 aliphatic rings. The highest BCUT2D eigenvalue weighted by Crippen LogP contribution is 2.23. The number of ether oxygens (including phenoxy) is 1. The summed E-state index contributed by atoms with van der Waals surface area (Å²) in [6.45, 7) is 6.08. The lowest BCUT2D eigenvalue weighted by Crippen LogP contribution is -2.43. The molecule has 0 heterocycles. The predicted molar refractivity (Wildman–Crippen MR) is 69.0 cm³/mol. The average molecular weight is 242 g/mol. The number of carbonyl (C=O) groups is 1. The molecule has 0 saturated heterocycles. The summed E-state index contributed by atoms with van der Waals surface area (Å²) in [6, 6.07) is 0.585. The third-order valence-electron chi connectivity index (χ3n) is 3.49. The van der Waals surface area contributed by atoms with Crippen LogP contribution in [0.1, 0.15) is 39.5 Å². The zero-order valence-corrected chi connectivity index (χ0v) is 11.4. The van der Waals surface area contributed by atoms with Crippen molar-refractivity contribution >= 4 is 5.97 Å². The molecular formula is C13H26N2O2. The van der Waals surface area contributed by atoms with Crippen molar-refractivity contribution in [2.24, 2.45) is 0 Å². The molecule has 0 aromatic carbocycles. The van der Waals surface area contributed by atoms with Gasteiger partial charge >= 0.3 is 5.97 Å². The molecule has 1 unspecified atom stereocenters. The molecule has 0 amide bonds. The molecule has 1 aliphatic carbocycles. The van der Waals surface area contributed by atoms with Crippen LogP contribution >= 0.6 is 0 Å². The first-order chi connectivity index (χ1) is 8.19. The van der Waals surface area contributed by atoms with Gasteiger partial charge in [0.1, 0.15) is 6.04 Å². The van der Waals surface area contributed by atoms with Gasteiger partial charge in [-0.25, -0.2) is 0 Å². The second kappa shape index (κ2) is 7.67. The average Bonchev–Trinajstić information content (AvgIpc) is 2.22. The Morgan fingerprint density at radius 1 is 1.47 bits per heavy atom. The minimum Gasteiger partial charge on any atom is -0.465 e. The van der Waals surface area contributed by atoms with E-state index in [9.17, 15) is 4.79 Å². The van der Waals surface area contributed by atoms with Crippen LogP contribution in [0.15, 0.2) is 0 Å². The largest absolute Gasteiger partial charge is 0.465 e. The number of nitrogens with zero attached hydrogens (tertiary/aromatic N) is 1. The van der Waals surface area contributed by atoms with Crippen LogP contribution < -0.4 is 5.32 Å². The van der Waals surface area contributed by atoms with Crippen molar-refractivity contribution in [1.29, 1.82) is 0 Å². The van der Waals surface area contributed by atoms with E-state index < -0.39 is 0 Å². The van der Waals surface area contributed by atoms with E-state index >= 15 is 0 Å². The Hall–Kier alpha value is -0.610. The van der Waals surface area contributed by atoms with E-state index in [-0.39, 0.29) is 12.0 Å². The van der Waals surface area contributed by atoms with E-state index in [1.54, 1.807) is 0 Å². The summed E-state index contributed by atoms with van der Waals surface area (Å²) >= 11 is 0. The molecule has 0 aromatic rings. The number of esters is 1. The molecule has 100 valence electrons. The van der Waals surface area contributed by atoms with Crippen molar-refractivity contribution in [3.8, 4) is 0 Å². The van der Waals surface area contributed by atoms with Crippen LogP contribution in [-0.2, 0) is 9.53 Å². The Morgan fingerprint density at radius 3 is 2.65 bits per heavy atom. The van der Waals surface area contributed by atoms with E-state index in [0.29, 0.717) is 6.61 Å². The normalized spacial score (nSPS) is 17.9. The highest BCUT2D eigenvalue weighted by atomic mass is 16.5. The van der Waals surface area contributed by atoms with Gasteiger partial charge in [0.15, 0.2) is 0 Å². The Bertz CT molecular complexity index is 229. The summed E-state index contributed by atoms with van der Waals surface area (Å²) in [6.07, 6.45) is 4.80. The van der Waals surface area contributed by atoms with Gasteiger partial charge in [0.25, 0.3) is 0 Å². The number of hydrogen-bond donors (Lipinski definition) is 1. The maximum absolute atomic E-state index is 11.7. The summed E-state index contributed by atoms with van der Waals surface area (Å²) < 4.78 is 5.07. The molecule has 0 aliphatic heterocycles. The summed E-state index contributed by atoms with van der Waals surface area (Å²) in [4.78, 5) is 14.1. The van der Waals surface area contributed by atoms with Gasteiger partial charge in [-0.2, -0.15) is 0 Å². The van der Waals surface area contributed by atoms with Crippen molar-refractivity contribution < 1.29 is 9.53 Å². The molecule has 0 spiro atoms. The van der Waals surface area contributed by atoms with Gasteiger partial charge in [-0.3, -0.25) is 4.79 Å². The fraction of sp³-hybridized carbons (Fsp3) is 0.923. The molecule has 1 fully saturated rings. The Kier molecular flexibility index (Phi) is 6.52. The first-order valence-corrected chi connectivity index (χ1v) is 6.79. The molecular weight excluding hydrogens is 216 g/mol. The number of nitrogens with one attached hydrogen (secondary N) is 1. The summed E-state index contributed by atoms with van der Waals surface area (Å²) in [7, 11) is 2.15. The van der Waals surface area contributed by atoms with Crippen LogP contribution in [-0.4, -0.2) is 49.7 Å². The van der Waals surface area contributed by atoms with E-state index in [0.717, 1.165) is 25.6 Å². The van der Waals surface area contributed by atoms with Crippen LogP contribution in [0.4, 0.5) is 0 Å². The minimum absolute atomic E-state index is 0.114. The third kappa shape index (κ3) is 4.64. The van der Waals surface area contributed by atoms with Gasteiger partial charge in [0, 0.05) is 12.6 Å². The number of hydrogen-bond acceptors (Lipinski definition) is 4. The zero-order valence-electron chi connectivity index (χ0n) is 11.4. The monoisotopic (exact) mass is 242 g/mol. The molecule has 1 N–H and O–H groups in total. The maximum atomic E-state index is 11.7. The molecule has 0 radical (unpaired) electrons. The fourth-order valence-electron chi connectivity index (χ4n) is 2.14. The zero-order chi connectivity index (χ0) is 12.7. The highest BCUT2D eigenvalue weighted by molar-refractivity contribution is 5.75. The molecule has 17 heavy (non-hydrogen) atoms. The van der Waals surface area contributed by atoms with Gasteiger partial charge in [-0.05, 0) is 39.8 Å². The van der Waals surface area contributed by atoms with Crippen molar-refractivity contribution in [2.45, 2.75) is 51.6 Å². The Morgan fingerprint density at radius 2 is 2.18 bits per heavy atom. The lowest BCUT2D eigenvalue weighted by molar-refractivity contribution is -0.145. The fourth-order valence-corrected chi connectivity index (χ4v) is 2.14. The van der Waals surface area contributed by atoms with Crippen molar-refractivity contribution in [2.75, 3.05) is 26.7 Å². The number of likely N-dealkylation sites (N-methyl/N-ethyl adjacent to an activating group) is 1. The van der Waals surface area contributed by atoms with Crippen LogP contribution in [0.5, 0.6) is 0 Å². The Balaban J connectivity index is 2.29. The smallest absolute Gasteiger partial charge is 0.323 e. The van der Waals surface area contributed by atoms with Crippen molar-refractivity contribution in [3.63, 3.8) is 0 Å². The topological polar surface area (TPSA) is 41.6 Å². The van der Waals surface area contributed by atoms with Crippen LogP contribution in [0.3, 0.4) is 0 Å². The molecule has 4 heteroatoms. The van der Waals surface area contributed by atoms with Crippen LogP contribution in [0.25, 0.3) is 0 Å². The number of rotatable bonds is 8. The highest BCUT2D eigenvalue weighted by Gasteiger charge is 2.24. The van der Waals surface area contributed by atoms with Gasteiger partial charge in [-0.1, -0.05) is 13.3 Å². The standard InChI is InChI=1S/C13H26N2O2/c1-4-14-12(13(16)17-5-2)9-10-15(3)11-7-6-8-11/h11-12,14H,4-10H2,1-3H3. The first kappa shape index (κ1) is 14.5. The van der Waals surface area contributed by atoms with E-state index in [2.05, 4.69) is 17.3 Å².